The molecule has 1 heterocycles. The maximum Gasteiger partial charge on any atom is 0.419 e. The van der Waals surface area contributed by atoms with Gasteiger partial charge in [0.05, 0.1) is 23.1 Å². The predicted molar refractivity (Wildman–Crippen MR) is 58.3 cm³/mol. The molecule has 19 heavy (non-hydrogen) atoms. The van der Waals surface area contributed by atoms with E-state index in [1.165, 1.54) is 16.9 Å². The summed E-state index contributed by atoms with van der Waals surface area (Å²) in [7, 11) is 0. The second-order valence-corrected chi connectivity index (χ2v) is 4.51. The largest absolute Gasteiger partial charge is 0.419 e. The van der Waals surface area contributed by atoms with Crippen molar-refractivity contribution in [3.8, 4) is 5.69 Å². The lowest BCUT2D eigenvalue weighted by Gasteiger charge is -2.11. The maximum atomic E-state index is 13.2. The predicted octanol–water partition coefficient (Wildman–Crippen LogP) is 3.30. The minimum Gasteiger partial charge on any atom is -0.217 e. The number of benzene rings is 1. The van der Waals surface area contributed by atoms with Crippen molar-refractivity contribution in [3.63, 3.8) is 0 Å². The molecule has 0 atom stereocenters. The van der Waals surface area contributed by atoms with Gasteiger partial charge in [0.1, 0.15) is 5.82 Å². The van der Waals surface area contributed by atoms with Crippen molar-refractivity contribution in [2.75, 3.05) is 0 Å². The van der Waals surface area contributed by atoms with Crippen LogP contribution in [-0.2, 0) is 6.18 Å². The molecule has 1 aromatic carbocycles. The maximum absolute atomic E-state index is 13.2. The van der Waals surface area contributed by atoms with E-state index in [2.05, 4.69) is 10.3 Å². The van der Waals surface area contributed by atoms with Crippen LogP contribution in [0.1, 0.15) is 30.0 Å². The smallest absolute Gasteiger partial charge is 0.217 e. The topological polar surface area (TPSA) is 30.7 Å². The van der Waals surface area contributed by atoms with Gasteiger partial charge in [0.15, 0.2) is 0 Å². The van der Waals surface area contributed by atoms with E-state index < -0.39 is 17.6 Å². The Morgan fingerprint density at radius 3 is 2.58 bits per heavy atom. The molecular weight excluding hydrogens is 262 g/mol. The van der Waals surface area contributed by atoms with E-state index in [9.17, 15) is 17.6 Å². The molecule has 1 aromatic heterocycles. The summed E-state index contributed by atoms with van der Waals surface area (Å²) in [5, 5.41) is 7.49. The van der Waals surface area contributed by atoms with Gasteiger partial charge >= 0.3 is 6.18 Å². The molecule has 0 N–H and O–H groups in total. The van der Waals surface area contributed by atoms with Crippen LogP contribution in [-0.4, -0.2) is 15.0 Å². The van der Waals surface area contributed by atoms with Crippen molar-refractivity contribution in [3.05, 3.63) is 41.5 Å². The van der Waals surface area contributed by atoms with Crippen molar-refractivity contribution in [1.29, 1.82) is 0 Å². The SMILES string of the molecule is Fc1ccc(-n2nncc2C2CC2)cc1C(F)(F)F. The molecule has 0 unspecified atom stereocenters. The van der Waals surface area contributed by atoms with E-state index in [0.717, 1.165) is 30.7 Å². The molecule has 2 aromatic rings. The van der Waals surface area contributed by atoms with Gasteiger partial charge in [0, 0.05) is 5.92 Å². The normalized spacial score (nSPS) is 15.8. The number of alkyl halides is 3. The third-order valence-electron chi connectivity index (χ3n) is 3.07. The highest BCUT2D eigenvalue weighted by Crippen LogP contribution is 2.40. The number of rotatable bonds is 2. The second kappa shape index (κ2) is 4.04. The van der Waals surface area contributed by atoms with Gasteiger partial charge in [-0.25, -0.2) is 9.07 Å². The fourth-order valence-electron chi connectivity index (χ4n) is 1.96. The molecule has 1 saturated carbocycles. The number of halogens is 4. The highest BCUT2D eigenvalue weighted by Gasteiger charge is 2.35. The van der Waals surface area contributed by atoms with Crippen LogP contribution < -0.4 is 0 Å². The van der Waals surface area contributed by atoms with Gasteiger partial charge in [-0.3, -0.25) is 0 Å². The molecule has 0 spiro atoms. The Bertz CT molecular complexity index is 614. The molecule has 3 rings (SSSR count). The summed E-state index contributed by atoms with van der Waals surface area (Å²) in [5.74, 6) is -1.00. The van der Waals surface area contributed by atoms with Crippen LogP contribution in [0.25, 0.3) is 5.69 Å². The van der Waals surface area contributed by atoms with Crippen LogP contribution >= 0.6 is 0 Å². The van der Waals surface area contributed by atoms with Crippen molar-refractivity contribution >= 4 is 0 Å². The van der Waals surface area contributed by atoms with E-state index >= 15 is 0 Å². The third-order valence-corrected chi connectivity index (χ3v) is 3.07. The Morgan fingerprint density at radius 2 is 1.95 bits per heavy atom. The lowest BCUT2D eigenvalue weighted by Crippen LogP contribution is -2.10. The third kappa shape index (κ3) is 2.20. The van der Waals surface area contributed by atoms with Crippen molar-refractivity contribution in [2.45, 2.75) is 24.9 Å². The summed E-state index contributed by atoms with van der Waals surface area (Å²) in [5.41, 5.74) is -0.352. The first kappa shape index (κ1) is 12.1. The van der Waals surface area contributed by atoms with Gasteiger partial charge in [0.2, 0.25) is 0 Å². The average molecular weight is 271 g/mol. The second-order valence-electron chi connectivity index (χ2n) is 4.51. The van der Waals surface area contributed by atoms with E-state index in [0.29, 0.717) is 0 Å². The first-order chi connectivity index (χ1) is 8.97. The summed E-state index contributed by atoms with van der Waals surface area (Å²) in [6.07, 6.45) is -1.24. The molecule has 7 heteroatoms. The van der Waals surface area contributed by atoms with Crippen molar-refractivity contribution in [2.24, 2.45) is 0 Å². The lowest BCUT2D eigenvalue weighted by molar-refractivity contribution is -0.140. The minimum atomic E-state index is -4.72. The van der Waals surface area contributed by atoms with E-state index in [1.54, 1.807) is 0 Å². The molecule has 1 fully saturated rings. The van der Waals surface area contributed by atoms with Gasteiger partial charge in [-0.1, -0.05) is 5.21 Å². The van der Waals surface area contributed by atoms with Gasteiger partial charge < -0.3 is 0 Å². The van der Waals surface area contributed by atoms with Crippen LogP contribution in [0.3, 0.4) is 0 Å². The fraction of sp³-hybridized carbons (Fsp3) is 0.333. The minimum absolute atomic E-state index is 0.174. The van der Waals surface area contributed by atoms with Gasteiger partial charge in [0.25, 0.3) is 0 Å². The zero-order valence-electron chi connectivity index (χ0n) is 9.65. The highest BCUT2D eigenvalue weighted by atomic mass is 19.4. The van der Waals surface area contributed by atoms with Crippen LogP contribution in [0.15, 0.2) is 24.4 Å². The fourth-order valence-corrected chi connectivity index (χ4v) is 1.96. The first-order valence-corrected chi connectivity index (χ1v) is 5.74. The van der Waals surface area contributed by atoms with Crippen molar-refractivity contribution < 1.29 is 17.6 Å². The molecule has 0 bridgehead atoms. The van der Waals surface area contributed by atoms with E-state index in [-0.39, 0.29) is 11.6 Å². The summed E-state index contributed by atoms with van der Waals surface area (Å²) in [6, 6.07) is 2.83. The molecule has 100 valence electrons. The van der Waals surface area contributed by atoms with Gasteiger partial charge in [-0.05, 0) is 31.0 Å². The highest BCUT2D eigenvalue weighted by molar-refractivity contribution is 5.39. The Kier molecular flexibility index (Phi) is 2.58. The molecule has 0 saturated heterocycles. The molecule has 1 aliphatic carbocycles. The molecule has 0 radical (unpaired) electrons. The first-order valence-electron chi connectivity index (χ1n) is 5.74. The molecule has 0 aliphatic heterocycles. The Morgan fingerprint density at radius 1 is 1.21 bits per heavy atom. The number of hydrogen-bond donors (Lipinski definition) is 0. The lowest BCUT2D eigenvalue weighted by atomic mass is 10.1. The van der Waals surface area contributed by atoms with Crippen molar-refractivity contribution in [1.82, 2.24) is 15.0 Å². The summed E-state index contributed by atoms with van der Waals surface area (Å²) in [4.78, 5) is 0. The van der Waals surface area contributed by atoms with Crippen LogP contribution in [0, 0.1) is 5.82 Å². The average Bonchev–Trinajstić information content (AvgIpc) is 3.07. The Hall–Kier alpha value is -1.92. The van der Waals surface area contributed by atoms with Gasteiger partial charge in [-0.2, -0.15) is 13.2 Å². The van der Waals surface area contributed by atoms with Crippen LogP contribution in [0.5, 0.6) is 0 Å². The quantitative estimate of drug-likeness (QED) is 0.784. The van der Waals surface area contributed by atoms with Gasteiger partial charge in [-0.15, -0.1) is 5.10 Å². The Labute approximate surface area is 105 Å². The molecule has 1 aliphatic rings. The molecular formula is C12H9F4N3. The number of hydrogen-bond acceptors (Lipinski definition) is 2. The van der Waals surface area contributed by atoms with E-state index in [4.69, 9.17) is 0 Å². The zero-order chi connectivity index (χ0) is 13.6. The van der Waals surface area contributed by atoms with Crippen LogP contribution in [0.4, 0.5) is 17.6 Å². The zero-order valence-corrected chi connectivity index (χ0v) is 9.65. The number of nitrogens with zero attached hydrogens (tertiary/aromatic N) is 3. The summed E-state index contributed by atoms with van der Waals surface area (Å²) in [6.45, 7) is 0. The molecule has 3 nitrogen and oxygen atoms in total. The summed E-state index contributed by atoms with van der Waals surface area (Å²) >= 11 is 0. The summed E-state index contributed by atoms with van der Waals surface area (Å²) < 4.78 is 52.5. The monoisotopic (exact) mass is 271 g/mol. The standard InChI is InChI=1S/C12H9F4N3/c13-10-4-3-8(5-9(10)12(14,15)16)19-11(6-17-18-19)7-1-2-7/h3-7H,1-2H2. The number of aromatic nitrogens is 3. The Balaban J connectivity index is 2.08. The molecule has 0 amide bonds. The van der Waals surface area contributed by atoms with Crippen LogP contribution in [0.2, 0.25) is 0 Å². The van der Waals surface area contributed by atoms with E-state index in [1.807, 2.05) is 0 Å².